The van der Waals surface area contributed by atoms with Gasteiger partial charge in [-0.1, -0.05) is 47.6 Å². The molecule has 0 aliphatic rings. The SMILES string of the molecule is CC.CCC(C)(c1cc(F)nc(F)c1-c1ccccn1)C(C)C. The third-order valence-corrected chi connectivity index (χ3v) is 4.49. The Hall–Kier alpha value is -1.84. The van der Waals surface area contributed by atoms with E-state index in [0.717, 1.165) is 6.42 Å². The maximum absolute atomic E-state index is 14.3. The molecule has 0 spiro atoms. The minimum Gasteiger partial charge on any atom is -0.256 e. The molecule has 2 aromatic rings. The maximum Gasteiger partial charge on any atom is 0.225 e. The van der Waals surface area contributed by atoms with Crippen molar-refractivity contribution in [3.05, 3.63) is 47.9 Å². The van der Waals surface area contributed by atoms with Gasteiger partial charge in [0, 0.05) is 6.20 Å². The zero-order valence-corrected chi connectivity index (χ0v) is 14.8. The second kappa shape index (κ2) is 8.14. The minimum absolute atomic E-state index is 0.228. The highest BCUT2D eigenvalue weighted by Gasteiger charge is 2.33. The Morgan fingerprint density at radius 1 is 1.17 bits per heavy atom. The van der Waals surface area contributed by atoms with Crippen molar-refractivity contribution in [2.45, 2.75) is 53.4 Å². The smallest absolute Gasteiger partial charge is 0.225 e. The van der Waals surface area contributed by atoms with E-state index in [-0.39, 0.29) is 11.3 Å². The molecule has 2 heterocycles. The third kappa shape index (κ3) is 3.92. The Labute approximate surface area is 138 Å². The fourth-order valence-corrected chi connectivity index (χ4v) is 2.60. The van der Waals surface area contributed by atoms with E-state index in [9.17, 15) is 8.78 Å². The van der Waals surface area contributed by atoms with Gasteiger partial charge in [0.05, 0.1) is 11.3 Å². The monoisotopic (exact) mass is 320 g/mol. The molecular weight excluding hydrogens is 294 g/mol. The van der Waals surface area contributed by atoms with Gasteiger partial charge in [-0.05, 0) is 41.5 Å². The van der Waals surface area contributed by atoms with Crippen LogP contribution in [0, 0.1) is 17.8 Å². The fraction of sp³-hybridized carbons (Fsp3) is 0.474. The lowest BCUT2D eigenvalue weighted by Gasteiger charge is -2.35. The molecule has 0 bridgehead atoms. The molecule has 0 saturated heterocycles. The number of hydrogen-bond acceptors (Lipinski definition) is 2. The van der Waals surface area contributed by atoms with Crippen LogP contribution in [0.3, 0.4) is 0 Å². The summed E-state index contributed by atoms with van der Waals surface area (Å²) in [6.45, 7) is 12.2. The Bertz CT molecular complexity index is 627. The predicted octanol–water partition coefficient (Wildman–Crippen LogP) is 5.77. The Morgan fingerprint density at radius 2 is 1.83 bits per heavy atom. The first-order chi connectivity index (χ1) is 10.9. The summed E-state index contributed by atoms with van der Waals surface area (Å²) in [4.78, 5) is 7.55. The van der Waals surface area contributed by atoms with Crippen molar-refractivity contribution in [1.29, 1.82) is 0 Å². The Kier molecular flexibility index (Phi) is 6.79. The molecule has 2 nitrogen and oxygen atoms in total. The molecule has 2 rings (SSSR count). The average Bonchev–Trinajstić information content (AvgIpc) is 2.55. The van der Waals surface area contributed by atoms with Gasteiger partial charge in [-0.25, -0.2) is 0 Å². The van der Waals surface area contributed by atoms with E-state index >= 15 is 0 Å². The standard InChI is InChI=1S/C17H20F2N2.C2H6/c1-5-17(4,11(2)3)12-10-14(18)21-16(19)15(12)13-8-6-7-9-20-13;1-2/h6-11H,5H2,1-4H3;1-2H3. The van der Waals surface area contributed by atoms with Crippen LogP contribution in [0.25, 0.3) is 11.3 Å². The molecule has 1 atom stereocenters. The predicted molar refractivity (Wildman–Crippen MR) is 91.2 cm³/mol. The molecule has 0 aliphatic carbocycles. The molecule has 0 fully saturated rings. The highest BCUT2D eigenvalue weighted by atomic mass is 19.1. The fourth-order valence-electron chi connectivity index (χ4n) is 2.60. The van der Waals surface area contributed by atoms with Gasteiger partial charge < -0.3 is 0 Å². The largest absolute Gasteiger partial charge is 0.256 e. The first-order valence-corrected chi connectivity index (χ1v) is 8.18. The van der Waals surface area contributed by atoms with Crippen LogP contribution in [0.15, 0.2) is 30.5 Å². The Balaban J connectivity index is 0.00000127. The van der Waals surface area contributed by atoms with Gasteiger partial charge in [0.2, 0.25) is 11.9 Å². The third-order valence-electron chi connectivity index (χ3n) is 4.49. The number of nitrogens with zero attached hydrogens (tertiary/aromatic N) is 2. The summed E-state index contributed by atoms with van der Waals surface area (Å²) < 4.78 is 28.0. The van der Waals surface area contributed by atoms with E-state index in [2.05, 4.69) is 23.8 Å². The first-order valence-electron chi connectivity index (χ1n) is 8.18. The highest BCUT2D eigenvalue weighted by Crippen LogP contribution is 2.41. The van der Waals surface area contributed by atoms with Crippen molar-refractivity contribution in [3.8, 4) is 11.3 Å². The number of pyridine rings is 2. The molecule has 126 valence electrons. The van der Waals surface area contributed by atoms with Crippen LogP contribution in [0.2, 0.25) is 0 Å². The lowest BCUT2D eigenvalue weighted by atomic mass is 9.70. The molecule has 0 amide bonds. The quantitative estimate of drug-likeness (QED) is 0.668. The van der Waals surface area contributed by atoms with Crippen LogP contribution in [0.5, 0.6) is 0 Å². The van der Waals surface area contributed by atoms with E-state index < -0.39 is 11.9 Å². The van der Waals surface area contributed by atoms with Crippen LogP contribution in [-0.2, 0) is 5.41 Å². The second-order valence-electron chi connectivity index (χ2n) is 5.80. The molecule has 2 aromatic heterocycles. The van der Waals surface area contributed by atoms with Crippen molar-refractivity contribution in [2.75, 3.05) is 0 Å². The van der Waals surface area contributed by atoms with E-state index in [4.69, 9.17) is 0 Å². The second-order valence-corrected chi connectivity index (χ2v) is 5.80. The molecule has 0 radical (unpaired) electrons. The van der Waals surface area contributed by atoms with Gasteiger partial charge in [0.25, 0.3) is 0 Å². The van der Waals surface area contributed by atoms with Crippen LogP contribution < -0.4 is 0 Å². The van der Waals surface area contributed by atoms with E-state index in [1.165, 1.54) is 6.07 Å². The van der Waals surface area contributed by atoms with Gasteiger partial charge >= 0.3 is 0 Å². The van der Waals surface area contributed by atoms with Crippen molar-refractivity contribution >= 4 is 0 Å². The number of rotatable bonds is 4. The molecule has 0 N–H and O–H groups in total. The summed E-state index contributed by atoms with van der Waals surface area (Å²) in [5.41, 5.74) is 1.06. The molecule has 0 aliphatic heterocycles. The topological polar surface area (TPSA) is 25.8 Å². The summed E-state index contributed by atoms with van der Waals surface area (Å²) in [5.74, 6) is -1.36. The van der Waals surface area contributed by atoms with Crippen LogP contribution >= 0.6 is 0 Å². The molecule has 1 unspecified atom stereocenters. The van der Waals surface area contributed by atoms with Gasteiger partial charge in [-0.2, -0.15) is 13.8 Å². The normalized spacial score (nSPS) is 13.3. The van der Waals surface area contributed by atoms with Crippen molar-refractivity contribution in [1.82, 2.24) is 9.97 Å². The molecule has 0 saturated carbocycles. The zero-order valence-electron chi connectivity index (χ0n) is 14.8. The molecular formula is C19H26F2N2. The van der Waals surface area contributed by atoms with Crippen LogP contribution in [0.1, 0.15) is 53.5 Å². The highest BCUT2D eigenvalue weighted by molar-refractivity contribution is 5.65. The van der Waals surface area contributed by atoms with Gasteiger partial charge in [0.15, 0.2) is 0 Å². The number of aromatic nitrogens is 2. The van der Waals surface area contributed by atoms with E-state index in [1.54, 1.807) is 24.4 Å². The molecule has 0 aromatic carbocycles. The van der Waals surface area contributed by atoms with Crippen molar-refractivity contribution in [2.24, 2.45) is 5.92 Å². The van der Waals surface area contributed by atoms with Crippen molar-refractivity contribution < 1.29 is 8.78 Å². The summed E-state index contributed by atoms with van der Waals surface area (Å²) >= 11 is 0. The number of hydrogen-bond donors (Lipinski definition) is 0. The molecule has 4 heteroatoms. The van der Waals surface area contributed by atoms with Crippen LogP contribution in [-0.4, -0.2) is 9.97 Å². The summed E-state index contributed by atoms with van der Waals surface area (Å²) in [7, 11) is 0. The minimum atomic E-state index is -0.802. The van der Waals surface area contributed by atoms with Crippen LogP contribution in [0.4, 0.5) is 8.78 Å². The van der Waals surface area contributed by atoms with Crippen molar-refractivity contribution in [3.63, 3.8) is 0 Å². The average molecular weight is 320 g/mol. The maximum atomic E-state index is 14.3. The zero-order chi connectivity index (χ0) is 17.6. The summed E-state index contributed by atoms with van der Waals surface area (Å²) in [6.07, 6.45) is 2.37. The number of halogens is 2. The van der Waals surface area contributed by atoms with E-state index in [1.807, 2.05) is 27.7 Å². The van der Waals surface area contributed by atoms with Gasteiger partial charge in [-0.15, -0.1) is 0 Å². The van der Waals surface area contributed by atoms with Gasteiger partial charge in [0.1, 0.15) is 0 Å². The lowest BCUT2D eigenvalue weighted by Crippen LogP contribution is -2.29. The van der Waals surface area contributed by atoms with E-state index in [0.29, 0.717) is 16.8 Å². The Morgan fingerprint density at radius 3 is 2.30 bits per heavy atom. The summed E-state index contributed by atoms with van der Waals surface area (Å²) in [5, 5.41) is 0. The first kappa shape index (κ1) is 19.2. The lowest BCUT2D eigenvalue weighted by molar-refractivity contribution is 0.323. The molecule has 23 heavy (non-hydrogen) atoms. The summed E-state index contributed by atoms with van der Waals surface area (Å²) in [6, 6.07) is 6.61. The van der Waals surface area contributed by atoms with Gasteiger partial charge in [-0.3, -0.25) is 4.98 Å².